The van der Waals surface area contributed by atoms with Crippen LogP contribution in [0.2, 0.25) is 0 Å². The lowest BCUT2D eigenvalue weighted by Gasteiger charge is -2.32. The summed E-state index contributed by atoms with van der Waals surface area (Å²) in [4.78, 5) is 11.1. The number of halogens is 1. The van der Waals surface area contributed by atoms with Crippen LogP contribution in [0.3, 0.4) is 0 Å². The minimum Gasteiger partial charge on any atom is -0.310 e. The Morgan fingerprint density at radius 2 is 1.94 bits per heavy atom. The Bertz CT molecular complexity index is 553. The number of para-hydroxylation sites is 1. The summed E-state index contributed by atoms with van der Waals surface area (Å²) < 4.78 is 1.06. The number of nitrogens with zero attached hydrogens (tertiary/aromatic N) is 3. The van der Waals surface area contributed by atoms with E-state index in [1.165, 1.54) is 11.3 Å². The summed E-state index contributed by atoms with van der Waals surface area (Å²) in [7, 11) is 0. The van der Waals surface area contributed by atoms with Crippen LogP contribution in [0.25, 0.3) is 0 Å². The molecular weight excluding hydrogens is 337 g/mol. The maximum absolute atomic E-state index is 4.43. The highest BCUT2D eigenvalue weighted by Crippen LogP contribution is 2.37. The topological polar surface area (TPSA) is 29.0 Å². The van der Waals surface area contributed by atoms with Gasteiger partial charge in [-0.05, 0) is 46.6 Å². The van der Waals surface area contributed by atoms with Crippen molar-refractivity contribution < 1.29 is 0 Å². The summed E-state index contributed by atoms with van der Waals surface area (Å²) in [5.41, 5.74) is 2.64. The molecule has 1 aromatic carbocycles. The first kappa shape index (κ1) is 11.9. The molecule has 0 radical (unpaired) electrons. The maximum Gasteiger partial charge on any atom is 0.229 e. The number of benzene rings is 1. The Morgan fingerprint density at radius 1 is 1.22 bits per heavy atom. The Morgan fingerprint density at radius 3 is 2.72 bits per heavy atom. The number of anilines is 2. The second-order valence-electron chi connectivity index (χ2n) is 4.60. The van der Waals surface area contributed by atoms with Crippen molar-refractivity contribution in [1.82, 2.24) is 9.97 Å². The van der Waals surface area contributed by atoms with Crippen LogP contribution < -0.4 is 4.90 Å². The molecule has 0 amide bonds. The third kappa shape index (κ3) is 2.09. The van der Waals surface area contributed by atoms with Crippen molar-refractivity contribution in [1.29, 1.82) is 0 Å². The van der Waals surface area contributed by atoms with Crippen molar-refractivity contribution in [3.63, 3.8) is 0 Å². The lowest BCUT2D eigenvalue weighted by molar-refractivity contribution is 0.642. The molecule has 0 spiro atoms. The molecule has 0 aliphatic carbocycles. The predicted molar refractivity (Wildman–Crippen MR) is 81.2 cm³/mol. The molecule has 1 aromatic heterocycles. The highest BCUT2D eigenvalue weighted by molar-refractivity contribution is 14.1. The molecule has 0 saturated heterocycles. The van der Waals surface area contributed by atoms with Crippen molar-refractivity contribution in [2.24, 2.45) is 0 Å². The van der Waals surface area contributed by atoms with E-state index in [4.69, 9.17) is 0 Å². The average molecular weight is 351 g/mol. The van der Waals surface area contributed by atoms with Crippen LogP contribution in [0, 0.1) is 3.57 Å². The van der Waals surface area contributed by atoms with Gasteiger partial charge in [0.1, 0.15) is 0 Å². The van der Waals surface area contributed by atoms with Crippen molar-refractivity contribution in [3.05, 3.63) is 45.8 Å². The van der Waals surface area contributed by atoms with Crippen LogP contribution in [-0.2, 0) is 0 Å². The first-order chi connectivity index (χ1) is 8.75. The summed E-state index contributed by atoms with van der Waals surface area (Å²) in [6.45, 7) is 3.27. The number of rotatable bonds is 1. The Labute approximate surface area is 120 Å². The second-order valence-corrected chi connectivity index (χ2v) is 5.85. The second kappa shape index (κ2) is 4.84. The molecule has 2 aromatic rings. The van der Waals surface area contributed by atoms with E-state index in [0.717, 1.165) is 22.5 Å². The highest BCUT2D eigenvalue weighted by atomic mass is 127. The Hall–Kier alpha value is -1.17. The zero-order valence-corrected chi connectivity index (χ0v) is 12.3. The minimum atomic E-state index is 0.612. The van der Waals surface area contributed by atoms with E-state index >= 15 is 0 Å². The summed E-state index contributed by atoms with van der Waals surface area (Å²) in [6.07, 6.45) is 4.87. The zero-order chi connectivity index (χ0) is 12.5. The highest BCUT2D eigenvalue weighted by Gasteiger charge is 2.23. The van der Waals surface area contributed by atoms with Gasteiger partial charge in [-0.15, -0.1) is 0 Å². The Balaban J connectivity index is 2.04. The molecule has 1 aliphatic heterocycles. The molecule has 0 N–H and O–H groups in total. The molecule has 18 heavy (non-hydrogen) atoms. The van der Waals surface area contributed by atoms with Crippen molar-refractivity contribution in [3.8, 4) is 0 Å². The molecule has 1 unspecified atom stereocenters. The smallest absolute Gasteiger partial charge is 0.229 e. The third-order valence-corrected chi connectivity index (χ3v) is 3.95. The molecule has 3 rings (SSSR count). The lowest BCUT2D eigenvalue weighted by Crippen LogP contribution is -2.27. The Kier molecular flexibility index (Phi) is 3.20. The van der Waals surface area contributed by atoms with Gasteiger partial charge in [0.2, 0.25) is 5.95 Å². The average Bonchev–Trinajstić information content (AvgIpc) is 2.41. The quantitative estimate of drug-likeness (QED) is 0.734. The molecular formula is C14H14IN3. The van der Waals surface area contributed by atoms with E-state index in [1.807, 2.05) is 12.4 Å². The molecule has 92 valence electrons. The fourth-order valence-electron chi connectivity index (χ4n) is 2.40. The van der Waals surface area contributed by atoms with Gasteiger partial charge in [0.25, 0.3) is 0 Å². The molecule has 1 atom stereocenters. The maximum atomic E-state index is 4.43. The normalized spacial score (nSPS) is 18.6. The van der Waals surface area contributed by atoms with Gasteiger partial charge in [0, 0.05) is 28.2 Å². The van der Waals surface area contributed by atoms with Gasteiger partial charge in [0.05, 0.1) is 0 Å². The van der Waals surface area contributed by atoms with Crippen molar-refractivity contribution >= 4 is 34.2 Å². The van der Waals surface area contributed by atoms with Crippen LogP contribution in [0.15, 0.2) is 36.7 Å². The van der Waals surface area contributed by atoms with E-state index in [2.05, 4.69) is 68.6 Å². The van der Waals surface area contributed by atoms with Crippen LogP contribution in [0.5, 0.6) is 0 Å². The lowest BCUT2D eigenvalue weighted by atomic mass is 9.92. The van der Waals surface area contributed by atoms with Gasteiger partial charge in [-0.2, -0.15) is 0 Å². The number of hydrogen-bond acceptors (Lipinski definition) is 3. The fourth-order valence-corrected chi connectivity index (χ4v) is 2.68. The minimum absolute atomic E-state index is 0.612. The SMILES string of the molecule is CC1CCN(c2ncc(I)cn2)c2ccccc21. The summed E-state index contributed by atoms with van der Waals surface area (Å²) in [6, 6.07) is 8.55. The molecule has 0 saturated carbocycles. The standard InChI is InChI=1S/C14H14IN3/c1-10-6-7-18(13-5-3-2-4-12(10)13)14-16-8-11(15)9-17-14/h2-5,8-10H,6-7H2,1H3. The van der Waals surface area contributed by atoms with Gasteiger partial charge in [-0.25, -0.2) is 9.97 Å². The molecule has 0 fully saturated rings. The molecule has 2 heterocycles. The molecule has 4 heteroatoms. The predicted octanol–water partition coefficient (Wildman–Crippen LogP) is 3.73. The van der Waals surface area contributed by atoms with E-state index in [9.17, 15) is 0 Å². The van der Waals surface area contributed by atoms with Crippen LogP contribution >= 0.6 is 22.6 Å². The van der Waals surface area contributed by atoms with Crippen molar-refractivity contribution in [2.75, 3.05) is 11.4 Å². The number of aromatic nitrogens is 2. The van der Waals surface area contributed by atoms with Gasteiger partial charge >= 0.3 is 0 Å². The van der Waals surface area contributed by atoms with Gasteiger partial charge in [0.15, 0.2) is 0 Å². The first-order valence-corrected chi connectivity index (χ1v) is 7.17. The van der Waals surface area contributed by atoms with Gasteiger partial charge in [-0.1, -0.05) is 25.1 Å². The van der Waals surface area contributed by atoms with E-state index in [1.54, 1.807) is 0 Å². The van der Waals surface area contributed by atoms with Gasteiger partial charge < -0.3 is 4.90 Å². The van der Waals surface area contributed by atoms with E-state index in [0.29, 0.717) is 5.92 Å². The van der Waals surface area contributed by atoms with Crippen LogP contribution in [0.4, 0.5) is 11.6 Å². The first-order valence-electron chi connectivity index (χ1n) is 6.10. The van der Waals surface area contributed by atoms with Gasteiger partial charge in [-0.3, -0.25) is 0 Å². The van der Waals surface area contributed by atoms with Crippen molar-refractivity contribution in [2.45, 2.75) is 19.3 Å². The molecule has 1 aliphatic rings. The summed E-state index contributed by atoms with van der Waals surface area (Å²) in [5, 5.41) is 0. The zero-order valence-electron chi connectivity index (χ0n) is 10.2. The fraction of sp³-hybridized carbons (Fsp3) is 0.286. The molecule has 0 bridgehead atoms. The largest absolute Gasteiger partial charge is 0.310 e. The third-order valence-electron chi connectivity index (χ3n) is 3.39. The van der Waals surface area contributed by atoms with Crippen LogP contribution in [-0.4, -0.2) is 16.5 Å². The number of fused-ring (bicyclic) bond motifs is 1. The van der Waals surface area contributed by atoms with E-state index < -0.39 is 0 Å². The monoisotopic (exact) mass is 351 g/mol. The summed E-state index contributed by atoms with van der Waals surface area (Å²) in [5.74, 6) is 1.41. The summed E-state index contributed by atoms with van der Waals surface area (Å²) >= 11 is 2.23. The molecule has 3 nitrogen and oxygen atoms in total. The van der Waals surface area contributed by atoms with E-state index in [-0.39, 0.29) is 0 Å². The number of hydrogen-bond donors (Lipinski definition) is 0. The van der Waals surface area contributed by atoms with Crippen LogP contribution in [0.1, 0.15) is 24.8 Å².